The van der Waals surface area contributed by atoms with Crippen molar-refractivity contribution in [1.29, 1.82) is 0 Å². The van der Waals surface area contributed by atoms with Crippen molar-refractivity contribution < 1.29 is 27.4 Å². The molecule has 0 aliphatic heterocycles. The van der Waals surface area contributed by atoms with Crippen LogP contribution in [0.4, 0.5) is 11.4 Å². The number of anilines is 2. The van der Waals surface area contributed by atoms with E-state index in [0.29, 0.717) is 34.2 Å². The minimum atomic E-state index is -3.79. The van der Waals surface area contributed by atoms with E-state index in [-0.39, 0.29) is 4.90 Å². The molecule has 0 radical (unpaired) electrons. The molecule has 0 spiro atoms. The fourth-order valence-corrected chi connectivity index (χ4v) is 4.98. The Kier molecular flexibility index (Phi) is 6.06. The molecule has 0 saturated heterocycles. The maximum atomic E-state index is 13.3. The average molecular weight is 469 g/mol. The van der Waals surface area contributed by atoms with Crippen LogP contribution in [0.25, 0.3) is 10.9 Å². The number of hydrogen-bond donors (Lipinski definition) is 1. The third kappa shape index (κ3) is 4.03. The highest BCUT2D eigenvalue weighted by molar-refractivity contribution is 7.90. The Labute approximate surface area is 192 Å². The molecule has 0 aliphatic carbocycles. The van der Waals surface area contributed by atoms with Crippen LogP contribution in [-0.2, 0) is 10.0 Å². The lowest BCUT2D eigenvalue weighted by Gasteiger charge is -2.15. The van der Waals surface area contributed by atoms with Gasteiger partial charge >= 0.3 is 0 Å². The Bertz CT molecular complexity index is 1370. The lowest BCUT2D eigenvalue weighted by Crippen LogP contribution is -2.11. The Hall–Kier alpha value is -3.85. The van der Waals surface area contributed by atoms with Gasteiger partial charge in [0.15, 0.2) is 11.5 Å². The SMILES string of the molecule is COc1ccc(S(=O)(=O)n2ccc3c(Nc4cc(OC)c(OC)c(OC)c4)cccc32)cc1. The van der Waals surface area contributed by atoms with Crippen LogP contribution >= 0.6 is 0 Å². The molecule has 0 fully saturated rings. The molecule has 0 saturated carbocycles. The molecule has 1 heterocycles. The summed E-state index contributed by atoms with van der Waals surface area (Å²) in [6.07, 6.45) is 1.55. The first-order valence-electron chi connectivity index (χ1n) is 9.99. The average Bonchev–Trinajstić information content (AvgIpc) is 3.29. The summed E-state index contributed by atoms with van der Waals surface area (Å²) in [5, 5.41) is 4.07. The van der Waals surface area contributed by atoms with E-state index in [1.807, 2.05) is 6.07 Å². The molecular formula is C24H24N2O6S. The van der Waals surface area contributed by atoms with Crippen LogP contribution in [0, 0.1) is 0 Å². The fraction of sp³-hybridized carbons (Fsp3) is 0.167. The smallest absolute Gasteiger partial charge is 0.268 e. The summed E-state index contributed by atoms with van der Waals surface area (Å²) in [6, 6.07) is 17.0. The predicted octanol–water partition coefficient (Wildman–Crippen LogP) is 4.66. The highest BCUT2D eigenvalue weighted by atomic mass is 32.2. The summed E-state index contributed by atoms with van der Waals surface area (Å²) >= 11 is 0. The summed E-state index contributed by atoms with van der Waals surface area (Å²) < 4.78 is 49.2. The highest BCUT2D eigenvalue weighted by Crippen LogP contribution is 2.41. The normalized spacial score (nSPS) is 11.3. The molecule has 0 unspecified atom stereocenters. The first-order valence-corrected chi connectivity index (χ1v) is 11.4. The van der Waals surface area contributed by atoms with Gasteiger partial charge in [-0.15, -0.1) is 0 Å². The van der Waals surface area contributed by atoms with Gasteiger partial charge in [0.2, 0.25) is 5.75 Å². The lowest BCUT2D eigenvalue weighted by atomic mass is 10.2. The number of rotatable bonds is 8. The van der Waals surface area contributed by atoms with Crippen LogP contribution in [0.5, 0.6) is 23.0 Å². The van der Waals surface area contributed by atoms with E-state index >= 15 is 0 Å². The topological polar surface area (TPSA) is 88.0 Å². The third-order valence-electron chi connectivity index (χ3n) is 5.26. The number of methoxy groups -OCH3 is 4. The quantitative estimate of drug-likeness (QED) is 0.402. The minimum absolute atomic E-state index is 0.170. The molecule has 3 aromatic carbocycles. The molecule has 0 bridgehead atoms. The number of nitrogens with one attached hydrogen (secondary N) is 1. The van der Waals surface area contributed by atoms with E-state index < -0.39 is 10.0 Å². The van der Waals surface area contributed by atoms with Gasteiger partial charge < -0.3 is 24.3 Å². The van der Waals surface area contributed by atoms with Crippen molar-refractivity contribution in [2.75, 3.05) is 33.8 Å². The van der Waals surface area contributed by atoms with Crippen LogP contribution in [0.2, 0.25) is 0 Å². The van der Waals surface area contributed by atoms with Crippen molar-refractivity contribution in [3.05, 3.63) is 66.9 Å². The second-order valence-corrected chi connectivity index (χ2v) is 8.88. The monoisotopic (exact) mass is 468 g/mol. The Morgan fingerprint density at radius 2 is 1.45 bits per heavy atom. The third-order valence-corrected chi connectivity index (χ3v) is 6.96. The van der Waals surface area contributed by atoms with Gasteiger partial charge in [0.25, 0.3) is 10.0 Å². The molecule has 4 aromatic rings. The molecule has 0 atom stereocenters. The van der Waals surface area contributed by atoms with Crippen LogP contribution in [0.15, 0.2) is 71.8 Å². The fourth-order valence-electron chi connectivity index (χ4n) is 3.63. The molecule has 4 rings (SSSR count). The Balaban J connectivity index is 1.75. The number of hydrogen-bond acceptors (Lipinski definition) is 7. The summed E-state index contributed by atoms with van der Waals surface area (Å²) in [6.45, 7) is 0. The predicted molar refractivity (Wildman–Crippen MR) is 127 cm³/mol. The Morgan fingerprint density at radius 1 is 0.788 bits per heavy atom. The van der Waals surface area contributed by atoms with Gasteiger partial charge in [-0.25, -0.2) is 12.4 Å². The summed E-state index contributed by atoms with van der Waals surface area (Å²) in [5.74, 6) is 2.08. The molecule has 1 N–H and O–H groups in total. The van der Waals surface area contributed by atoms with Crippen LogP contribution in [-0.4, -0.2) is 40.8 Å². The largest absolute Gasteiger partial charge is 0.497 e. The van der Waals surface area contributed by atoms with Crippen LogP contribution in [0.1, 0.15) is 0 Å². The van der Waals surface area contributed by atoms with Gasteiger partial charge in [-0.2, -0.15) is 0 Å². The van der Waals surface area contributed by atoms with E-state index in [1.54, 1.807) is 70.0 Å². The first-order chi connectivity index (χ1) is 15.9. The molecular weight excluding hydrogens is 444 g/mol. The van der Waals surface area contributed by atoms with Crippen LogP contribution < -0.4 is 24.3 Å². The number of benzene rings is 3. The molecule has 0 aliphatic rings. The zero-order valence-corrected chi connectivity index (χ0v) is 19.5. The lowest BCUT2D eigenvalue weighted by molar-refractivity contribution is 0.324. The van der Waals surface area contributed by atoms with Crippen LogP contribution in [0.3, 0.4) is 0 Å². The second kappa shape index (κ2) is 8.95. The number of fused-ring (bicyclic) bond motifs is 1. The Morgan fingerprint density at radius 3 is 2.03 bits per heavy atom. The van der Waals surface area contributed by atoms with E-state index in [1.165, 1.54) is 23.2 Å². The number of aromatic nitrogens is 1. The number of ether oxygens (including phenoxy) is 4. The first kappa shape index (κ1) is 22.3. The zero-order valence-electron chi connectivity index (χ0n) is 18.7. The van der Waals surface area contributed by atoms with Crippen molar-refractivity contribution in [3.8, 4) is 23.0 Å². The van der Waals surface area contributed by atoms with Gasteiger partial charge in [0.1, 0.15) is 5.75 Å². The van der Waals surface area contributed by atoms with E-state index in [2.05, 4.69) is 5.32 Å². The van der Waals surface area contributed by atoms with Crippen molar-refractivity contribution in [2.45, 2.75) is 4.90 Å². The van der Waals surface area contributed by atoms with Gasteiger partial charge in [0.05, 0.1) is 38.9 Å². The van der Waals surface area contributed by atoms with Crippen molar-refractivity contribution >= 4 is 32.3 Å². The van der Waals surface area contributed by atoms with E-state index in [0.717, 1.165) is 11.1 Å². The van der Waals surface area contributed by atoms with Gasteiger partial charge in [-0.1, -0.05) is 6.07 Å². The summed E-state index contributed by atoms with van der Waals surface area (Å²) in [4.78, 5) is 0.170. The molecule has 9 heteroatoms. The van der Waals surface area contributed by atoms with Crippen molar-refractivity contribution in [1.82, 2.24) is 3.97 Å². The molecule has 8 nitrogen and oxygen atoms in total. The zero-order chi connectivity index (χ0) is 23.6. The minimum Gasteiger partial charge on any atom is -0.497 e. The van der Waals surface area contributed by atoms with Gasteiger partial charge in [-0.05, 0) is 42.5 Å². The molecule has 1 aromatic heterocycles. The summed E-state index contributed by atoms with van der Waals surface area (Å²) in [7, 11) is 2.38. The van der Waals surface area contributed by atoms with E-state index in [9.17, 15) is 8.42 Å². The number of nitrogens with zero attached hydrogens (tertiary/aromatic N) is 1. The van der Waals surface area contributed by atoms with Gasteiger partial charge in [-0.3, -0.25) is 0 Å². The maximum Gasteiger partial charge on any atom is 0.268 e. The van der Waals surface area contributed by atoms with E-state index in [4.69, 9.17) is 18.9 Å². The van der Waals surface area contributed by atoms with Crippen molar-refractivity contribution in [2.24, 2.45) is 0 Å². The van der Waals surface area contributed by atoms with Gasteiger partial charge in [0, 0.05) is 35.1 Å². The molecule has 0 amide bonds. The molecule has 33 heavy (non-hydrogen) atoms. The maximum absolute atomic E-state index is 13.3. The molecule has 172 valence electrons. The standard InChI is InChI=1S/C24H24N2O6S/c1-29-17-8-10-18(11-9-17)33(27,28)26-13-12-19-20(6-5-7-21(19)26)25-16-14-22(30-2)24(32-4)23(15-16)31-3/h5-15,25H,1-4H3. The highest BCUT2D eigenvalue weighted by Gasteiger charge is 2.20. The second-order valence-electron chi connectivity index (χ2n) is 7.07. The van der Waals surface area contributed by atoms with Crippen molar-refractivity contribution in [3.63, 3.8) is 0 Å². The summed E-state index contributed by atoms with van der Waals surface area (Å²) in [5.41, 5.74) is 1.97.